The molecule has 0 N–H and O–H groups in total. The molecule has 0 aliphatic rings. The Balaban J connectivity index is 0.000000136. The molecule has 4 rings (SSSR count). The first-order valence-electron chi connectivity index (χ1n) is 5.45. The number of rotatable bonds is 2. The highest BCUT2D eigenvalue weighted by Crippen LogP contribution is 2.25. The van der Waals surface area contributed by atoms with Crippen LogP contribution < -0.4 is 0 Å². The third kappa shape index (κ3) is 2.97. The van der Waals surface area contributed by atoms with Crippen molar-refractivity contribution in [3.63, 3.8) is 0 Å². The molecule has 88 valence electrons. The highest BCUT2D eigenvalue weighted by Gasteiger charge is 1.96. The van der Waals surface area contributed by atoms with Crippen molar-refractivity contribution in [1.29, 1.82) is 0 Å². The van der Waals surface area contributed by atoms with Crippen molar-refractivity contribution in [3.05, 3.63) is 42.5 Å². The molecule has 2 bridgehead atoms. The van der Waals surface area contributed by atoms with Gasteiger partial charge in [0.15, 0.2) is 6.33 Å². The highest BCUT2D eigenvalue weighted by atomic mass is 32.2. The summed E-state index contributed by atoms with van der Waals surface area (Å²) < 4.78 is 4.62. The zero-order chi connectivity index (χ0) is 12.1. The fourth-order valence-electron chi connectivity index (χ4n) is 1.51. The summed E-state index contributed by atoms with van der Waals surface area (Å²) in [7, 11) is 0. The molecule has 0 saturated heterocycles. The minimum absolute atomic E-state index is 0.694. The van der Waals surface area contributed by atoms with Crippen LogP contribution in [0.2, 0.25) is 0 Å². The van der Waals surface area contributed by atoms with E-state index in [1.54, 1.807) is 0 Å². The van der Waals surface area contributed by atoms with Gasteiger partial charge in [-0.3, -0.25) is 0 Å². The minimum Gasteiger partial charge on any atom is -0.340 e. The van der Waals surface area contributed by atoms with Crippen LogP contribution in [0.25, 0.3) is 10.8 Å². The van der Waals surface area contributed by atoms with Gasteiger partial charge in [0.25, 0.3) is 0 Å². The van der Waals surface area contributed by atoms with Crippen LogP contribution in [-0.2, 0) is 6.42 Å². The van der Waals surface area contributed by atoms with E-state index < -0.39 is 0 Å². The van der Waals surface area contributed by atoms with Crippen molar-refractivity contribution in [2.75, 3.05) is 6.26 Å². The molecule has 0 atom stereocenters. The van der Waals surface area contributed by atoms with Gasteiger partial charge >= 0.3 is 0 Å². The van der Waals surface area contributed by atoms with Crippen LogP contribution in [0.1, 0.15) is 12.8 Å². The number of thioether (sulfide) groups is 1. The van der Waals surface area contributed by atoms with Crippen molar-refractivity contribution in [2.45, 2.75) is 18.2 Å². The first-order valence-corrected chi connectivity index (χ1v) is 6.67. The minimum atomic E-state index is 0.694. The van der Waals surface area contributed by atoms with Crippen LogP contribution in [0.4, 0.5) is 0 Å². The van der Waals surface area contributed by atoms with Gasteiger partial charge in [0.1, 0.15) is 0 Å². The summed E-state index contributed by atoms with van der Waals surface area (Å²) in [5.74, 6) is 0.694. The smallest absolute Gasteiger partial charge is 0.226 e. The summed E-state index contributed by atoms with van der Waals surface area (Å²) in [6.07, 6.45) is 4.33. The monoisotopic (exact) mass is 246 g/mol. The third-order valence-corrected chi connectivity index (χ3v) is 3.22. The van der Waals surface area contributed by atoms with Gasteiger partial charge < -0.3 is 4.52 Å². The fourth-order valence-corrected chi connectivity index (χ4v) is 2.13. The molecule has 0 saturated carbocycles. The Kier molecular flexibility index (Phi) is 3.98. The Morgan fingerprint density at radius 1 is 1.24 bits per heavy atom. The number of aromatic nitrogens is 2. The van der Waals surface area contributed by atoms with E-state index >= 15 is 0 Å². The summed E-state index contributed by atoms with van der Waals surface area (Å²) in [6.45, 7) is 1.97. The molecule has 0 aliphatic heterocycles. The Morgan fingerprint density at radius 2 is 2.00 bits per heavy atom. The Morgan fingerprint density at radius 3 is 2.29 bits per heavy atom. The van der Waals surface area contributed by atoms with E-state index in [0.29, 0.717) is 5.89 Å². The van der Waals surface area contributed by atoms with E-state index in [4.69, 9.17) is 0 Å². The number of fused-ring (bicyclic) bond motifs is 3. The van der Waals surface area contributed by atoms with Crippen molar-refractivity contribution in [2.24, 2.45) is 0 Å². The van der Waals surface area contributed by atoms with E-state index in [9.17, 15) is 0 Å². The van der Waals surface area contributed by atoms with Crippen molar-refractivity contribution in [3.8, 4) is 0 Å². The molecule has 4 heteroatoms. The summed E-state index contributed by atoms with van der Waals surface area (Å²) in [5.41, 5.74) is 0. The van der Waals surface area contributed by atoms with Gasteiger partial charge in [0.2, 0.25) is 5.89 Å². The average Bonchev–Trinajstić information content (AvgIpc) is 2.94. The fraction of sp³-hybridized carbons (Fsp3) is 0.231. The van der Waals surface area contributed by atoms with Gasteiger partial charge in [-0.25, -0.2) is 0 Å². The standard InChI is InChI=1S/C9H8S.C4H6N2O/c1-10-9-6-7-2-4-8(9)5-3-7;1-2-4-5-3-6-7-4/h2-6H,1H3;3H,2H2,1H3. The third-order valence-electron chi connectivity index (χ3n) is 2.42. The summed E-state index contributed by atoms with van der Waals surface area (Å²) >= 11 is 1.81. The summed E-state index contributed by atoms with van der Waals surface area (Å²) in [6, 6.07) is 10.9. The molecule has 17 heavy (non-hydrogen) atoms. The first kappa shape index (κ1) is 11.9. The lowest BCUT2D eigenvalue weighted by molar-refractivity contribution is 0.381. The van der Waals surface area contributed by atoms with Crippen molar-refractivity contribution >= 4 is 22.5 Å². The summed E-state index contributed by atoms with van der Waals surface area (Å²) in [4.78, 5) is 5.15. The van der Waals surface area contributed by atoms with Gasteiger partial charge in [0, 0.05) is 11.3 Å². The van der Waals surface area contributed by atoms with Crippen LogP contribution >= 0.6 is 11.8 Å². The van der Waals surface area contributed by atoms with E-state index in [2.05, 4.69) is 51.3 Å². The number of aryl methyl sites for hydroxylation is 1. The van der Waals surface area contributed by atoms with Crippen LogP contribution in [0.5, 0.6) is 0 Å². The van der Waals surface area contributed by atoms with E-state index in [1.807, 2.05) is 18.7 Å². The van der Waals surface area contributed by atoms with Gasteiger partial charge in [-0.2, -0.15) is 4.98 Å². The summed E-state index contributed by atoms with van der Waals surface area (Å²) in [5, 5.41) is 6.08. The zero-order valence-corrected chi connectivity index (χ0v) is 10.7. The van der Waals surface area contributed by atoms with Gasteiger partial charge in [-0.05, 0) is 23.1 Å². The molecule has 3 nitrogen and oxygen atoms in total. The van der Waals surface area contributed by atoms with E-state index in [1.165, 1.54) is 22.0 Å². The largest absolute Gasteiger partial charge is 0.340 e. The number of hydrogen-bond acceptors (Lipinski definition) is 4. The molecule has 1 heterocycles. The molecule has 0 spiro atoms. The zero-order valence-electron chi connectivity index (χ0n) is 9.88. The highest BCUT2D eigenvalue weighted by molar-refractivity contribution is 7.98. The van der Waals surface area contributed by atoms with Gasteiger partial charge in [0.05, 0.1) is 0 Å². The normalized spacial score (nSPS) is 10.2. The van der Waals surface area contributed by atoms with Crippen LogP contribution in [-0.4, -0.2) is 16.4 Å². The van der Waals surface area contributed by atoms with Crippen LogP contribution in [0.15, 0.2) is 46.1 Å². The van der Waals surface area contributed by atoms with E-state index in [0.717, 1.165) is 6.42 Å². The molecular formula is C13H14N2OS. The van der Waals surface area contributed by atoms with Gasteiger partial charge in [-0.15, -0.1) is 11.8 Å². The topological polar surface area (TPSA) is 38.9 Å². The van der Waals surface area contributed by atoms with Crippen molar-refractivity contribution in [1.82, 2.24) is 10.1 Å². The molecule has 0 fully saturated rings. The molecule has 0 radical (unpaired) electrons. The maximum Gasteiger partial charge on any atom is 0.226 e. The molecule has 0 aliphatic carbocycles. The first-order chi connectivity index (χ1) is 8.33. The maximum atomic E-state index is 4.62. The second-order valence-corrected chi connectivity index (χ2v) is 4.37. The average molecular weight is 246 g/mol. The van der Waals surface area contributed by atoms with Gasteiger partial charge in [-0.1, -0.05) is 36.3 Å². The predicted molar refractivity (Wildman–Crippen MR) is 70.6 cm³/mol. The van der Waals surface area contributed by atoms with Crippen LogP contribution in [0, 0.1) is 0 Å². The molecule has 4 aromatic rings. The lowest BCUT2D eigenvalue weighted by Gasteiger charge is -2.02. The number of hydrogen-bond donors (Lipinski definition) is 0. The lowest BCUT2D eigenvalue weighted by Crippen LogP contribution is -1.76. The Hall–Kier alpha value is -1.55. The molecular weight excluding hydrogens is 232 g/mol. The predicted octanol–water partition coefficient (Wildman–Crippen LogP) is 3.63. The molecule has 0 unspecified atom stereocenters. The SMILES string of the molecule is CCc1ncno1.CSc1cc2ccc1cc2. The molecule has 1 aromatic heterocycles. The number of nitrogens with zero attached hydrogens (tertiary/aromatic N) is 2. The second-order valence-electron chi connectivity index (χ2n) is 3.52. The van der Waals surface area contributed by atoms with E-state index in [-0.39, 0.29) is 0 Å². The Labute approximate surface area is 105 Å². The molecule has 0 amide bonds. The lowest BCUT2D eigenvalue weighted by atomic mass is 10.1. The van der Waals surface area contributed by atoms with Crippen LogP contribution in [0.3, 0.4) is 0 Å². The molecule has 3 aromatic carbocycles. The quantitative estimate of drug-likeness (QED) is 0.647. The van der Waals surface area contributed by atoms with Crippen molar-refractivity contribution < 1.29 is 4.52 Å². The maximum absolute atomic E-state index is 4.62. The number of benzene rings is 3. The Bertz CT molecular complexity index is 531. The second kappa shape index (κ2) is 5.68.